The molecule has 0 saturated heterocycles. The summed E-state index contributed by atoms with van der Waals surface area (Å²) in [5.41, 5.74) is 1.61. The van der Waals surface area contributed by atoms with Gasteiger partial charge in [0.1, 0.15) is 6.33 Å². The maximum atomic E-state index is 12.4. The highest BCUT2D eigenvalue weighted by molar-refractivity contribution is 7.98. The van der Waals surface area contributed by atoms with Gasteiger partial charge in [-0.05, 0) is 36.6 Å². The molecule has 0 fully saturated rings. The standard InChI is InChI=1S/C14H11ClN4OS/c1-21-9-4-5-11(15)10(7-9)14(20)17-12-3-2-6-19-8-16-18-13(12)19/h2-8H,1H3,(H,17,20). The van der Waals surface area contributed by atoms with Crippen LogP contribution in [0, 0.1) is 0 Å². The number of aromatic nitrogens is 3. The van der Waals surface area contributed by atoms with Crippen LogP contribution in [-0.2, 0) is 0 Å². The summed E-state index contributed by atoms with van der Waals surface area (Å²) >= 11 is 7.66. The van der Waals surface area contributed by atoms with E-state index < -0.39 is 0 Å². The number of halogens is 1. The van der Waals surface area contributed by atoms with E-state index in [4.69, 9.17) is 11.6 Å². The van der Waals surface area contributed by atoms with Gasteiger partial charge < -0.3 is 5.32 Å². The van der Waals surface area contributed by atoms with Crippen molar-refractivity contribution < 1.29 is 4.79 Å². The van der Waals surface area contributed by atoms with E-state index in [-0.39, 0.29) is 5.91 Å². The molecule has 0 aliphatic rings. The molecular formula is C14H11ClN4OS. The summed E-state index contributed by atoms with van der Waals surface area (Å²) < 4.78 is 1.73. The topological polar surface area (TPSA) is 59.3 Å². The number of anilines is 1. The molecule has 1 amide bonds. The van der Waals surface area contributed by atoms with Crippen molar-refractivity contribution in [2.24, 2.45) is 0 Å². The highest BCUT2D eigenvalue weighted by Gasteiger charge is 2.13. The van der Waals surface area contributed by atoms with Crippen LogP contribution in [0.25, 0.3) is 5.65 Å². The summed E-state index contributed by atoms with van der Waals surface area (Å²) in [7, 11) is 0. The Labute approximate surface area is 130 Å². The highest BCUT2D eigenvalue weighted by atomic mass is 35.5. The first-order chi connectivity index (χ1) is 10.2. The third kappa shape index (κ3) is 2.72. The zero-order chi connectivity index (χ0) is 14.8. The summed E-state index contributed by atoms with van der Waals surface area (Å²) in [6, 6.07) is 8.95. The van der Waals surface area contributed by atoms with Gasteiger partial charge in [0.15, 0.2) is 5.65 Å². The van der Waals surface area contributed by atoms with Gasteiger partial charge in [0.25, 0.3) is 5.91 Å². The first-order valence-electron chi connectivity index (χ1n) is 6.12. The van der Waals surface area contributed by atoms with E-state index in [1.807, 2.05) is 24.6 Å². The van der Waals surface area contributed by atoms with Gasteiger partial charge in [0.05, 0.1) is 16.3 Å². The molecule has 0 aliphatic heterocycles. The van der Waals surface area contributed by atoms with Crippen LogP contribution in [0.2, 0.25) is 5.02 Å². The quantitative estimate of drug-likeness (QED) is 0.752. The van der Waals surface area contributed by atoms with Crippen molar-refractivity contribution in [3.8, 4) is 0 Å². The maximum Gasteiger partial charge on any atom is 0.257 e. The van der Waals surface area contributed by atoms with Gasteiger partial charge in [-0.25, -0.2) is 0 Å². The summed E-state index contributed by atoms with van der Waals surface area (Å²) in [5.74, 6) is -0.271. The van der Waals surface area contributed by atoms with Gasteiger partial charge in [-0.15, -0.1) is 22.0 Å². The van der Waals surface area contributed by atoms with Crippen LogP contribution >= 0.6 is 23.4 Å². The molecule has 2 heterocycles. The van der Waals surface area contributed by atoms with E-state index in [0.717, 1.165) is 4.90 Å². The number of pyridine rings is 1. The number of carbonyl (C=O) groups is 1. The van der Waals surface area contributed by atoms with Gasteiger partial charge >= 0.3 is 0 Å². The molecule has 1 aromatic carbocycles. The minimum absolute atomic E-state index is 0.271. The Balaban J connectivity index is 1.95. The van der Waals surface area contributed by atoms with Crippen molar-refractivity contribution >= 4 is 40.6 Å². The monoisotopic (exact) mass is 318 g/mol. The fourth-order valence-corrected chi connectivity index (χ4v) is 2.59. The molecule has 7 heteroatoms. The molecular weight excluding hydrogens is 308 g/mol. The summed E-state index contributed by atoms with van der Waals surface area (Å²) in [5, 5.41) is 11.0. The molecule has 1 N–H and O–H groups in total. The number of nitrogens with zero attached hydrogens (tertiary/aromatic N) is 3. The molecule has 0 aliphatic carbocycles. The number of carbonyl (C=O) groups excluding carboxylic acids is 1. The Hall–Kier alpha value is -2.05. The lowest BCUT2D eigenvalue weighted by Gasteiger charge is -2.08. The van der Waals surface area contributed by atoms with Gasteiger partial charge in [-0.3, -0.25) is 9.20 Å². The fourth-order valence-electron chi connectivity index (χ4n) is 1.94. The van der Waals surface area contributed by atoms with Crippen LogP contribution < -0.4 is 5.32 Å². The number of thioether (sulfide) groups is 1. The van der Waals surface area contributed by atoms with Crippen molar-refractivity contribution in [2.75, 3.05) is 11.6 Å². The maximum absolute atomic E-state index is 12.4. The Morgan fingerprint density at radius 1 is 1.38 bits per heavy atom. The predicted molar refractivity (Wildman–Crippen MR) is 84.2 cm³/mol. The lowest BCUT2D eigenvalue weighted by molar-refractivity contribution is 0.102. The number of nitrogens with one attached hydrogen (secondary N) is 1. The molecule has 0 radical (unpaired) electrons. The minimum atomic E-state index is -0.271. The molecule has 2 aromatic heterocycles. The predicted octanol–water partition coefficient (Wildman–Crippen LogP) is 3.36. The third-order valence-electron chi connectivity index (χ3n) is 2.99. The number of amides is 1. The Bertz CT molecular complexity index is 818. The fraction of sp³-hybridized carbons (Fsp3) is 0.0714. The van der Waals surface area contributed by atoms with Crippen molar-refractivity contribution in [1.29, 1.82) is 0 Å². The van der Waals surface area contributed by atoms with E-state index in [1.54, 1.807) is 40.7 Å². The zero-order valence-electron chi connectivity index (χ0n) is 11.1. The number of fused-ring (bicyclic) bond motifs is 1. The van der Waals surface area contributed by atoms with Crippen LogP contribution in [0.1, 0.15) is 10.4 Å². The van der Waals surface area contributed by atoms with Crippen LogP contribution in [0.3, 0.4) is 0 Å². The second kappa shape index (κ2) is 5.75. The van der Waals surface area contributed by atoms with Crippen LogP contribution in [0.4, 0.5) is 5.69 Å². The van der Waals surface area contributed by atoms with Gasteiger partial charge in [-0.1, -0.05) is 11.6 Å². The largest absolute Gasteiger partial charge is 0.319 e. The van der Waals surface area contributed by atoms with Gasteiger partial charge in [0.2, 0.25) is 0 Å². The molecule has 3 rings (SSSR count). The van der Waals surface area contributed by atoms with Crippen LogP contribution in [-0.4, -0.2) is 26.8 Å². The van der Waals surface area contributed by atoms with Crippen molar-refractivity contribution in [3.63, 3.8) is 0 Å². The van der Waals surface area contributed by atoms with Crippen LogP contribution in [0.5, 0.6) is 0 Å². The first-order valence-corrected chi connectivity index (χ1v) is 7.72. The first kappa shape index (κ1) is 13.9. The Morgan fingerprint density at radius 3 is 3.05 bits per heavy atom. The van der Waals surface area contributed by atoms with Crippen molar-refractivity contribution in [2.45, 2.75) is 4.90 Å². The smallest absolute Gasteiger partial charge is 0.257 e. The van der Waals surface area contributed by atoms with Gasteiger partial charge in [0, 0.05) is 11.1 Å². The Morgan fingerprint density at radius 2 is 2.24 bits per heavy atom. The summed E-state index contributed by atoms with van der Waals surface area (Å²) in [6.07, 6.45) is 5.33. The average molecular weight is 319 g/mol. The molecule has 3 aromatic rings. The zero-order valence-corrected chi connectivity index (χ0v) is 12.6. The van der Waals surface area contributed by atoms with E-state index in [0.29, 0.717) is 21.9 Å². The normalized spacial score (nSPS) is 10.8. The minimum Gasteiger partial charge on any atom is -0.319 e. The average Bonchev–Trinajstić information content (AvgIpc) is 2.97. The number of hydrogen-bond donors (Lipinski definition) is 1. The number of benzene rings is 1. The number of hydrogen-bond acceptors (Lipinski definition) is 4. The van der Waals surface area contributed by atoms with Crippen molar-refractivity contribution in [3.05, 3.63) is 53.4 Å². The lowest BCUT2D eigenvalue weighted by atomic mass is 10.2. The van der Waals surface area contributed by atoms with Crippen molar-refractivity contribution in [1.82, 2.24) is 14.6 Å². The second-order valence-electron chi connectivity index (χ2n) is 4.28. The molecule has 0 atom stereocenters. The van der Waals surface area contributed by atoms with Crippen LogP contribution in [0.15, 0.2) is 47.8 Å². The third-order valence-corrected chi connectivity index (χ3v) is 4.04. The van der Waals surface area contributed by atoms with E-state index >= 15 is 0 Å². The second-order valence-corrected chi connectivity index (χ2v) is 5.57. The molecule has 21 heavy (non-hydrogen) atoms. The van der Waals surface area contributed by atoms with Gasteiger partial charge in [-0.2, -0.15) is 0 Å². The summed E-state index contributed by atoms with van der Waals surface area (Å²) in [4.78, 5) is 13.4. The molecule has 0 saturated carbocycles. The highest BCUT2D eigenvalue weighted by Crippen LogP contribution is 2.24. The molecule has 106 valence electrons. The van der Waals surface area contributed by atoms with E-state index in [2.05, 4.69) is 15.5 Å². The van der Waals surface area contributed by atoms with E-state index in [1.165, 1.54) is 0 Å². The molecule has 0 spiro atoms. The summed E-state index contributed by atoms with van der Waals surface area (Å²) in [6.45, 7) is 0. The van der Waals surface area contributed by atoms with E-state index in [9.17, 15) is 4.79 Å². The number of rotatable bonds is 3. The Kier molecular flexibility index (Phi) is 3.81. The lowest BCUT2D eigenvalue weighted by Crippen LogP contribution is -2.13. The molecule has 0 bridgehead atoms. The SMILES string of the molecule is CSc1ccc(Cl)c(C(=O)Nc2cccn3cnnc23)c1. The molecule has 0 unspecified atom stereocenters. The molecule has 5 nitrogen and oxygen atoms in total.